The predicted molar refractivity (Wildman–Crippen MR) is 76.1 cm³/mol. The molecule has 0 spiro atoms. The lowest BCUT2D eigenvalue weighted by Gasteiger charge is -2.09. The molecule has 104 valence electrons. The summed E-state index contributed by atoms with van der Waals surface area (Å²) in [7, 11) is 1.51. The molecule has 0 aliphatic rings. The van der Waals surface area contributed by atoms with Crippen LogP contribution in [-0.4, -0.2) is 18.0 Å². The number of pyridine rings is 1. The summed E-state index contributed by atoms with van der Waals surface area (Å²) in [6.45, 7) is 0.249. The second kappa shape index (κ2) is 6.47. The molecule has 0 bridgehead atoms. The molecule has 2 rings (SSSR count). The van der Waals surface area contributed by atoms with Crippen LogP contribution in [0, 0.1) is 5.82 Å². The summed E-state index contributed by atoms with van der Waals surface area (Å²) in [5.74, 6) is -0.398. The fourth-order valence-electron chi connectivity index (χ4n) is 1.69. The summed E-state index contributed by atoms with van der Waals surface area (Å²) in [6, 6.07) is 7.86. The number of hydrogen-bond donors (Lipinski definition) is 1. The SMILES string of the molecule is COc1ncccc1CNC(=O)c1cccc(F)c1Br. The van der Waals surface area contributed by atoms with Gasteiger partial charge < -0.3 is 10.1 Å². The molecule has 0 fully saturated rings. The zero-order valence-electron chi connectivity index (χ0n) is 10.7. The Labute approximate surface area is 124 Å². The number of ether oxygens (including phenoxy) is 1. The Morgan fingerprint density at radius 3 is 2.95 bits per heavy atom. The fraction of sp³-hybridized carbons (Fsp3) is 0.143. The molecule has 1 heterocycles. The molecule has 0 saturated heterocycles. The van der Waals surface area contributed by atoms with Gasteiger partial charge in [0.25, 0.3) is 5.91 Å². The van der Waals surface area contributed by atoms with Crippen molar-refractivity contribution in [1.82, 2.24) is 10.3 Å². The molecule has 0 aliphatic carbocycles. The van der Waals surface area contributed by atoms with Crippen LogP contribution in [-0.2, 0) is 6.54 Å². The maximum absolute atomic E-state index is 13.4. The number of hydrogen-bond acceptors (Lipinski definition) is 3. The maximum atomic E-state index is 13.4. The molecule has 4 nitrogen and oxygen atoms in total. The number of rotatable bonds is 4. The summed E-state index contributed by atoms with van der Waals surface area (Å²) in [4.78, 5) is 16.1. The van der Waals surface area contributed by atoms with Crippen molar-refractivity contribution in [3.63, 3.8) is 0 Å². The highest BCUT2D eigenvalue weighted by molar-refractivity contribution is 9.10. The highest BCUT2D eigenvalue weighted by Gasteiger charge is 2.13. The molecule has 1 N–H and O–H groups in total. The number of benzene rings is 1. The van der Waals surface area contributed by atoms with Gasteiger partial charge >= 0.3 is 0 Å². The van der Waals surface area contributed by atoms with Crippen molar-refractivity contribution in [3.05, 3.63) is 57.9 Å². The smallest absolute Gasteiger partial charge is 0.252 e. The molecular weight excluding hydrogens is 327 g/mol. The van der Waals surface area contributed by atoms with Crippen LogP contribution < -0.4 is 10.1 Å². The first-order valence-corrected chi connectivity index (χ1v) is 6.63. The molecule has 0 atom stereocenters. The van der Waals surface area contributed by atoms with E-state index in [1.807, 2.05) is 0 Å². The lowest BCUT2D eigenvalue weighted by Crippen LogP contribution is -2.23. The summed E-state index contributed by atoms with van der Waals surface area (Å²) in [5, 5.41) is 2.70. The van der Waals surface area contributed by atoms with Crippen molar-refractivity contribution in [3.8, 4) is 5.88 Å². The van der Waals surface area contributed by atoms with Gasteiger partial charge in [-0.05, 0) is 34.1 Å². The Kier molecular flexibility index (Phi) is 4.68. The van der Waals surface area contributed by atoms with Gasteiger partial charge in [-0.25, -0.2) is 9.37 Å². The van der Waals surface area contributed by atoms with Gasteiger partial charge in [0.05, 0.1) is 17.1 Å². The monoisotopic (exact) mass is 338 g/mol. The second-order valence-corrected chi connectivity index (χ2v) is 4.75. The van der Waals surface area contributed by atoms with E-state index in [1.54, 1.807) is 24.4 Å². The van der Waals surface area contributed by atoms with E-state index in [0.717, 1.165) is 5.56 Å². The van der Waals surface area contributed by atoms with Gasteiger partial charge in [0.2, 0.25) is 5.88 Å². The van der Waals surface area contributed by atoms with Crippen molar-refractivity contribution in [2.24, 2.45) is 0 Å². The maximum Gasteiger partial charge on any atom is 0.252 e. The summed E-state index contributed by atoms with van der Waals surface area (Å²) < 4.78 is 18.6. The van der Waals surface area contributed by atoms with Crippen LogP contribution in [0.25, 0.3) is 0 Å². The van der Waals surface area contributed by atoms with E-state index in [4.69, 9.17) is 4.74 Å². The third-order valence-electron chi connectivity index (χ3n) is 2.68. The minimum Gasteiger partial charge on any atom is -0.481 e. The number of carbonyl (C=O) groups excluding carboxylic acids is 1. The Bertz CT molecular complexity index is 634. The molecule has 1 amide bonds. The normalized spacial score (nSPS) is 10.2. The van der Waals surface area contributed by atoms with Crippen LogP contribution in [0.5, 0.6) is 5.88 Å². The van der Waals surface area contributed by atoms with Gasteiger partial charge in [0, 0.05) is 18.3 Å². The zero-order chi connectivity index (χ0) is 14.5. The standard InChI is InChI=1S/C14H12BrFN2O2/c1-20-14-9(4-3-7-17-14)8-18-13(19)10-5-2-6-11(16)12(10)15/h2-7H,8H2,1H3,(H,18,19). The fourth-order valence-corrected chi connectivity index (χ4v) is 2.14. The predicted octanol–water partition coefficient (Wildman–Crippen LogP) is 2.92. The van der Waals surface area contributed by atoms with E-state index in [0.29, 0.717) is 5.88 Å². The van der Waals surface area contributed by atoms with E-state index >= 15 is 0 Å². The molecule has 2 aromatic rings. The summed E-state index contributed by atoms with van der Waals surface area (Å²) in [5.41, 5.74) is 0.990. The Morgan fingerprint density at radius 1 is 1.40 bits per heavy atom. The number of nitrogens with zero attached hydrogens (tertiary/aromatic N) is 1. The highest BCUT2D eigenvalue weighted by atomic mass is 79.9. The summed E-state index contributed by atoms with van der Waals surface area (Å²) in [6.07, 6.45) is 1.60. The van der Waals surface area contributed by atoms with Gasteiger partial charge in [-0.2, -0.15) is 0 Å². The van der Waals surface area contributed by atoms with Gasteiger partial charge in [0.15, 0.2) is 0 Å². The number of aromatic nitrogens is 1. The molecule has 20 heavy (non-hydrogen) atoms. The minimum atomic E-state index is -0.475. The third kappa shape index (κ3) is 3.14. The number of carbonyl (C=O) groups is 1. The van der Waals surface area contributed by atoms with E-state index in [1.165, 1.54) is 19.2 Å². The van der Waals surface area contributed by atoms with Crippen LogP contribution in [0.4, 0.5) is 4.39 Å². The average molecular weight is 339 g/mol. The first-order chi connectivity index (χ1) is 9.63. The van der Waals surface area contributed by atoms with Crippen LogP contribution in [0.1, 0.15) is 15.9 Å². The van der Waals surface area contributed by atoms with E-state index in [2.05, 4.69) is 26.2 Å². The highest BCUT2D eigenvalue weighted by Crippen LogP contribution is 2.20. The molecule has 1 aromatic carbocycles. The third-order valence-corrected chi connectivity index (χ3v) is 3.48. The van der Waals surface area contributed by atoms with Crippen molar-refractivity contribution >= 4 is 21.8 Å². The average Bonchev–Trinajstić information content (AvgIpc) is 2.48. The lowest BCUT2D eigenvalue weighted by atomic mass is 10.2. The summed E-state index contributed by atoms with van der Waals surface area (Å²) >= 11 is 3.06. The quantitative estimate of drug-likeness (QED) is 0.932. The number of halogens is 2. The molecule has 1 aromatic heterocycles. The second-order valence-electron chi connectivity index (χ2n) is 3.96. The number of amides is 1. The Morgan fingerprint density at radius 2 is 2.20 bits per heavy atom. The number of nitrogens with one attached hydrogen (secondary N) is 1. The van der Waals surface area contributed by atoms with E-state index in [-0.39, 0.29) is 22.5 Å². The van der Waals surface area contributed by atoms with Gasteiger partial charge in [-0.3, -0.25) is 4.79 Å². The van der Waals surface area contributed by atoms with Gasteiger partial charge in [0.1, 0.15) is 5.82 Å². The lowest BCUT2D eigenvalue weighted by molar-refractivity contribution is 0.0949. The van der Waals surface area contributed by atoms with Crippen LogP contribution in [0.15, 0.2) is 41.0 Å². The van der Waals surface area contributed by atoms with Crippen molar-refractivity contribution in [2.45, 2.75) is 6.54 Å². The molecular formula is C14H12BrFN2O2. The molecule has 6 heteroatoms. The van der Waals surface area contributed by atoms with Crippen LogP contribution >= 0.6 is 15.9 Å². The minimum absolute atomic E-state index is 0.149. The van der Waals surface area contributed by atoms with Gasteiger partial charge in [-0.1, -0.05) is 12.1 Å². The first-order valence-electron chi connectivity index (χ1n) is 5.83. The van der Waals surface area contributed by atoms with Crippen molar-refractivity contribution in [2.75, 3.05) is 7.11 Å². The van der Waals surface area contributed by atoms with Crippen molar-refractivity contribution < 1.29 is 13.9 Å². The Hall–Kier alpha value is -1.95. The molecule has 0 unspecified atom stereocenters. The van der Waals surface area contributed by atoms with Crippen LogP contribution in [0.2, 0.25) is 0 Å². The van der Waals surface area contributed by atoms with E-state index < -0.39 is 5.82 Å². The Balaban J connectivity index is 2.11. The topological polar surface area (TPSA) is 51.2 Å². The molecule has 0 radical (unpaired) electrons. The van der Waals surface area contributed by atoms with Crippen molar-refractivity contribution in [1.29, 1.82) is 0 Å². The van der Waals surface area contributed by atoms with E-state index in [9.17, 15) is 9.18 Å². The largest absolute Gasteiger partial charge is 0.481 e. The first kappa shape index (κ1) is 14.5. The van der Waals surface area contributed by atoms with Crippen LogP contribution in [0.3, 0.4) is 0 Å². The zero-order valence-corrected chi connectivity index (χ0v) is 12.3. The molecule has 0 saturated carbocycles. The molecule has 0 aliphatic heterocycles. The van der Waals surface area contributed by atoms with Gasteiger partial charge in [-0.15, -0.1) is 0 Å². The number of methoxy groups -OCH3 is 1.